The van der Waals surface area contributed by atoms with E-state index in [-0.39, 0.29) is 17.2 Å². The molecule has 0 aliphatic heterocycles. The summed E-state index contributed by atoms with van der Waals surface area (Å²) in [5.74, 6) is -1.03. The zero-order valence-corrected chi connectivity index (χ0v) is 12.4. The van der Waals surface area contributed by atoms with Crippen molar-refractivity contribution in [2.75, 3.05) is 0 Å². The summed E-state index contributed by atoms with van der Waals surface area (Å²) >= 11 is 0. The fourth-order valence-corrected chi connectivity index (χ4v) is 1.61. The summed E-state index contributed by atoms with van der Waals surface area (Å²) in [6, 6.07) is 7.89. The molecule has 2 rings (SSSR count). The molecule has 0 atom stereocenters. The Hall–Kier alpha value is -4.36. The predicted molar refractivity (Wildman–Crippen MR) is 77.0 cm³/mol. The average Bonchev–Trinajstić information content (AvgIpc) is 2.52. The molecule has 0 bridgehead atoms. The van der Waals surface area contributed by atoms with Crippen LogP contribution >= 0.6 is 0 Å². The summed E-state index contributed by atoms with van der Waals surface area (Å²) in [5.41, 5.74) is 0. The van der Waals surface area contributed by atoms with E-state index in [2.05, 4.69) is 14.5 Å². The minimum Gasteiger partial charge on any atom is -0.290 e. The third-order valence-corrected chi connectivity index (χ3v) is 2.45. The molecule has 2 aromatic rings. The highest BCUT2D eigenvalue weighted by Gasteiger charge is 2.10. The molecule has 14 nitrogen and oxygen atoms in total. The van der Waals surface area contributed by atoms with Crippen molar-refractivity contribution in [2.24, 2.45) is 0 Å². The van der Waals surface area contributed by atoms with E-state index in [1.807, 2.05) is 0 Å². The molecule has 0 unspecified atom stereocenters. The van der Waals surface area contributed by atoms with Crippen LogP contribution in [0.15, 0.2) is 42.5 Å². The van der Waals surface area contributed by atoms with Crippen molar-refractivity contribution in [3.8, 4) is 28.7 Å². The van der Waals surface area contributed by atoms with Gasteiger partial charge >= 0.3 is 0 Å². The molecule has 0 N–H and O–H groups in total. The smallest absolute Gasteiger partial charge is 0.290 e. The largest absolute Gasteiger partial charge is 0.299 e. The lowest BCUT2D eigenvalue weighted by atomic mass is 10.3. The van der Waals surface area contributed by atoms with E-state index < -0.39 is 26.8 Å². The third-order valence-electron chi connectivity index (χ3n) is 2.45. The van der Waals surface area contributed by atoms with Gasteiger partial charge in [-0.05, 0) is 30.3 Å². The quantitative estimate of drug-likeness (QED) is 0.357. The van der Waals surface area contributed by atoms with E-state index in [0.29, 0.717) is 0 Å². The zero-order valence-electron chi connectivity index (χ0n) is 12.4. The lowest BCUT2D eigenvalue weighted by molar-refractivity contribution is -0.713. The van der Waals surface area contributed by atoms with Crippen molar-refractivity contribution in [1.29, 1.82) is 0 Å². The molecule has 0 fully saturated rings. The minimum atomic E-state index is -1.13. The maximum atomic E-state index is 10.4. The van der Waals surface area contributed by atoms with Gasteiger partial charge in [0.1, 0.15) is 17.2 Å². The molecule has 0 amide bonds. The van der Waals surface area contributed by atoms with E-state index in [0.717, 1.165) is 18.2 Å². The van der Waals surface area contributed by atoms with Crippen LogP contribution in [0, 0.1) is 30.3 Å². The van der Waals surface area contributed by atoms with Gasteiger partial charge in [0.05, 0.1) is 0 Å². The van der Waals surface area contributed by atoms with Crippen LogP contribution in [0.5, 0.6) is 28.7 Å². The van der Waals surface area contributed by atoms with E-state index in [1.165, 1.54) is 24.3 Å². The molecule has 0 heterocycles. The van der Waals surface area contributed by atoms with Gasteiger partial charge in [-0.25, -0.2) is 0 Å². The molecule has 0 saturated carbocycles. The van der Waals surface area contributed by atoms with Crippen LogP contribution < -0.4 is 24.3 Å². The highest BCUT2D eigenvalue weighted by atomic mass is 17.2. The molecule has 0 saturated heterocycles. The molecular weight excluding hydrogens is 362 g/mol. The second-order valence-corrected chi connectivity index (χ2v) is 4.22. The Morgan fingerprint density at radius 2 is 0.885 bits per heavy atom. The van der Waals surface area contributed by atoms with E-state index in [4.69, 9.17) is 9.78 Å². The minimum absolute atomic E-state index is 0.0644. The van der Waals surface area contributed by atoms with Crippen LogP contribution in [0.3, 0.4) is 0 Å². The molecule has 0 radical (unpaired) electrons. The second-order valence-electron chi connectivity index (χ2n) is 4.22. The van der Waals surface area contributed by atoms with Crippen molar-refractivity contribution < 1.29 is 39.5 Å². The summed E-state index contributed by atoms with van der Waals surface area (Å²) in [6.07, 6.45) is 0. The second kappa shape index (κ2) is 7.95. The van der Waals surface area contributed by atoms with E-state index in [9.17, 15) is 30.3 Å². The maximum Gasteiger partial charge on any atom is 0.299 e. The number of rotatable bonds is 9. The first-order chi connectivity index (χ1) is 12.3. The number of hydrogen-bond acceptors (Lipinski definition) is 11. The summed E-state index contributed by atoms with van der Waals surface area (Å²) in [4.78, 5) is 53.3. The van der Waals surface area contributed by atoms with Gasteiger partial charge in [-0.3, -0.25) is 24.3 Å². The summed E-state index contributed by atoms with van der Waals surface area (Å²) in [7, 11) is 0. The Labute approximate surface area is 142 Å². The Balaban J connectivity index is 2.10. The van der Waals surface area contributed by atoms with Crippen LogP contribution in [0.25, 0.3) is 0 Å². The lowest BCUT2D eigenvalue weighted by Gasteiger charge is -2.09. The Morgan fingerprint density at radius 3 is 1.35 bits per heavy atom. The van der Waals surface area contributed by atoms with Crippen molar-refractivity contribution in [3.63, 3.8) is 0 Å². The maximum absolute atomic E-state index is 10.4. The molecule has 136 valence electrons. The van der Waals surface area contributed by atoms with Gasteiger partial charge in [-0.1, -0.05) is 0 Å². The Bertz CT molecular complexity index is 789. The van der Waals surface area contributed by atoms with Crippen molar-refractivity contribution in [1.82, 2.24) is 0 Å². The van der Waals surface area contributed by atoms with Gasteiger partial charge < -0.3 is 0 Å². The fraction of sp³-hybridized carbons (Fsp3) is 0. The first-order valence-electron chi connectivity index (χ1n) is 6.38. The molecule has 0 aliphatic rings. The molecule has 2 aromatic carbocycles. The lowest BCUT2D eigenvalue weighted by Crippen LogP contribution is -2.08. The summed E-state index contributed by atoms with van der Waals surface area (Å²) < 4.78 is 0. The van der Waals surface area contributed by atoms with Crippen LogP contribution in [-0.4, -0.2) is 15.3 Å². The predicted octanol–water partition coefficient (Wildman–Crippen LogP) is 1.77. The van der Waals surface area contributed by atoms with Gasteiger partial charge in [-0.15, -0.1) is 30.3 Å². The monoisotopic (exact) mass is 369 g/mol. The van der Waals surface area contributed by atoms with Crippen molar-refractivity contribution in [3.05, 3.63) is 72.8 Å². The Morgan fingerprint density at radius 1 is 0.538 bits per heavy atom. The van der Waals surface area contributed by atoms with E-state index in [1.54, 1.807) is 0 Å². The molecule has 14 heteroatoms. The molecule has 0 aliphatic carbocycles. The number of benzene rings is 2. The third kappa shape index (κ3) is 5.69. The van der Waals surface area contributed by atoms with Crippen molar-refractivity contribution in [2.45, 2.75) is 0 Å². The van der Waals surface area contributed by atoms with Crippen LogP contribution in [0.1, 0.15) is 0 Å². The first kappa shape index (κ1) is 18.0. The topological polar surface area (TPSA) is 176 Å². The van der Waals surface area contributed by atoms with Crippen LogP contribution in [0.4, 0.5) is 0 Å². The standard InChI is InChI=1S/C12H7N3O11/c16-13(17)22-8-1-3-9(4-2-8)25-26-12-6-10(23-14(18)19)5-11(7-12)24-15(20)21/h1-7H. The highest BCUT2D eigenvalue weighted by Crippen LogP contribution is 2.29. The fourth-order valence-electron chi connectivity index (χ4n) is 1.61. The van der Waals surface area contributed by atoms with Gasteiger partial charge in [0, 0.05) is 12.1 Å². The molecule has 26 heavy (non-hydrogen) atoms. The zero-order chi connectivity index (χ0) is 19.1. The van der Waals surface area contributed by atoms with E-state index >= 15 is 0 Å². The normalized spacial score (nSPS) is 9.69. The van der Waals surface area contributed by atoms with Crippen LogP contribution in [0.2, 0.25) is 0 Å². The van der Waals surface area contributed by atoms with Gasteiger partial charge in [0.2, 0.25) is 0 Å². The first-order valence-corrected chi connectivity index (χ1v) is 6.38. The summed E-state index contributed by atoms with van der Waals surface area (Å²) in [6.45, 7) is 0. The van der Waals surface area contributed by atoms with Gasteiger partial charge in [-0.2, -0.15) is 0 Å². The Kier molecular flexibility index (Phi) is 5.50. The van der Waals surface area contributed by atoms with Crippen LogP contribution in [-0.2, 0) is 0 Å². The average molecular weight is 369 g/mol. The van der Waals surface area contributed by atoms with Crippen molar-refractivity contribution >= 4 is 0 Å². The number of nitrogens with zero attached hydrogens (tertiary/aromatic N) is 3. The molecule has 0 spiro atoms. The highest BCUT2D eigenvalue weighted by molar-refractivity contribution is 5.41. The molecular formula is C12H7N3O11. The molecule has 0 aromatic heterocycles. The SMILES string of the molecule is O=[N+]([O-])Oc1ccc(OOc2cc(O[N+](=O)[O-])cc(O[N+](=O)[O-])c2)cc1. The summed E-state index contributed by atoms with van der Waals surface area (Å²) in [5, 5.41) is 27.7. The number of hydrogen-bond donors (Lipinski definition) is 0. The van der Waals surface area contributed by atoms with Gasteiger partial charge in [0.25, 0.3) is 15.3 Å². The van der Waals surface area contributed by atoms with Gasteiger partial charge in [0.15, 0.2) is 11.5 Å².